The number of halogens is 1. The fourth-order valence-electron chi connectivity index (χ4n) is 1.21. The maximum atomic E-state index is 12.5. The van der Waals surface area contributed by atoms with Gasteiger partial charge in [-0.25, -0.2) is 4.39 Å². The van der Waals surface area contributed by atoms with E-state index in [-0.39, 0.29) is 11.7 Å². The highest BCUT2D eigenvalue weighted by Gasteiger charge is 2.24. The number of β-lactam (4-membered cyclic amide) rings is 1. The lowest BCUT2D eigenvalue weighted by Crippen LogP contribution is -2.43. The van der Waals surface area contributed by atoms with E-state index in [9.17, 15) is 9.18 Å². The molecule has 2 nitrogen and oxygen atoms in total. The molecule has 1 aliphatic rings. The molecule has 1 saturated heterocycles. The van der Waals surface area contributed by atoms with Crippen molar-refractivity contribution in [3.8, 4) is 0 Å². The van der Waals surface area contributed by atoms with Gasteiger partial charge in [0.1, 0.15) is 5.82 Å². The average molecular weight is 164 g/mol. The van der Waals surface area contributed by atoms with Gasteiger partial charge in [0.05, 0.1) is 0 Å². The zero-order chi connectivity index (χ0) is 8.55. The summed E-state index contributed by atoms with van der Waals surface area (Å²) in [6, 6.07) is 5.96. The Labute approximate surface area is 69.6 Å². The maximum Gasteiger partial charge on any atom is 0.228 e. The minimum Gasteiger partial charge on any atom is -0.312 e. The molecule has 0 spiro atoms. The van der Waals surface area contributed by atoms with E-state index < -0.39 is 0 Å². The van der Waals surface area contributed by atoms with Crippen molar-refractivity contribution in [3.63, 3.8) is 0 Å². The monoisotopic (exact) mass is 164 g/mol. The highest BCUT2D eigenvalue weighted by Crippen LogP contribution is 2.21. The number of hydrogen-bond donors (Lipinski definition) is 0. The van der Waals surface area contributed by atoms with E-state index in [0.717, 1.165) is 12.2 Å². The van der Waals surface area contributed by atoms with Gasteiger partial charge >= 0.3 is 0 Å². The molecule has 1 fully saturated rings. The van der Waals surface area contributed by atoms with Gasteiger partial charge in [-0.2, -0.15) is 0 Å². The number of carbonyl (C=O) groups is 1. The van der Waals surface area contributed by atoms with Crippen molar-refractivity contribution >= 4 is 11.6 Å². The molecule has 62 valence electrons. The topological polar surface area (TPSA) is 20.3 Å². The first-order chi connectivity index (χ1) is 5.77. The largest absolute Gasteiger partial charge is 0.312 e. The summed E-state index contributed by atoms with van der Waals surface area (Å²) in [5.41, 5.74) is 0.785. The lowest BCUT2D eigenvalue weighted by Gasteiger charge is -2.30. The Balaban J connectivity index is 2.23. The molecule has 0 unspecified atom stereocenters. The van der Waals surface area contributed by atoms with E-state index in [2.05, 4.69) is 0 Å². The van der Waals surface area contributed by atoms with Crippen LogP contribution in [0.4, 0.5) is 10.1 Å². The fraction of sp³-hybridized carbons (Fsp3) is 0.222. The number of amides is 1. The van der Waals surface area contributed by atoms with Gasteiger partial charge in [0, 0.05) is 18.7 Å². The SMILES string of the molecule is O=C1CCN1c1ccc([18F])cc1. The highest BCUT2D eigenvalue weighted by molar-refractivity contribution is 5.99. The molecule has 0 N–H and O–H groups in total. The van der Waals surface area contributed by atoms with Crippen molar-refractivity contribution in [2.75, 3.05) is 11.4 Å². The minimum atomic E-state index is -0.272. The molecule has 1 aromatic rings. The smallest absolute Gasteiger partial charge is 0.228 e. The second-order valence-electron chi connectivity index (χ2n) is 2.77. The number of rotatable bonds is 1. The van der Waals surface area contributed by atoms with Crippen LogP contribution in [0.5, 0.6) is 0 Å². The van der Waals surface area contributed by atoms with E-state index in [4.69, 9.17) is 0 Å². The van der Waals surface area contributed by atoms with Crippen LogP contribution >= 0.6 is 0 Å². The minimum absolute atomic E-state index is 0.113. The predicted octanol–water partition coefficient (Wildman–Crippen LogP) is 1.56. The Morgan fingerprint density at radius 3 is 2.33 bits per heavy atom. The fourth-order valence-corrected chi connectivity index (χ4v) is 1.21. The van der Waals surface area contributed by atoms with Gasteiger partial charge in [0.15, 0.2) is 0 Å². The Hall–Kier alpha value is -1.38. The second-order valence-corrected chi connectivity index (χ2v) is 2.77. The Morgan fingerprint density at radius 2 is 1.92 bits per heavy atom. The Bertz CT molecular complexity index is 307. The Morgan fingerprint density at radius 1 is 1.25 bits per heavy atom. The number of carbonyl (C=O) groups excluding carboxylic acids is 1. The first-order valence-electron chi connectivity index (χ1n) is 3.83. The number of hydrogen-bond acceptors (Lipinski definition) is 1. The van der Waals surface area contributed by atoms with Crippen LogP contribution in [0.1, 0.15) is 6.42 Å². The third-order valence-electron chi connectivity index (χ3n) is 1.99. The molecule has 0 aromatic heterocycles. The number of anilines is 1. The van der Waals surface area contributed by atoms with Gasteiger partial charge < -0.3 is 4.90 Å². The first-order valence-corrected chi connectivity index (χ1v) is 3.83. The van der Waals surface area contributed by atoms with Crippen molar-refractivity contribution in [2.45, 2.75) is 6.42 Å². The quantitative estimate of drug-likeness (QED) is 0.577. The van der Waals surface area contributed by atoms with Crippen LogP contribution in [0.25, 0.3) is 0 Å². The van der Waals surface area contributed by atoms with E-state index in [1.165, 1.54) is 12.1 Å². The standard InChI is InChI=1S/C9H8FNO/c10-7-1-3-8(4-2-7)11-6-5-9(11)12/h1-4H,5-6H2/i10-1. The van der Waals surface area contributed by atoms with Crippen LogP contribution in [0, 0.1) is 5.82 Å². The Kier molecular flexibility index (Phi) is 1.57. The summed E-state index contributed by atoms with van der Waals surface area (Å²) in [5.74, 6) is -0.159. The van der Waals surface area contributed by atoms with E-state index in [0.29, 0.717) is 6.42 Å². The van der Waals surface area contributed by atoms with Gasteiger partial charge in [-0.15, -0.1) is 0 Å². The summed E-state index contributed by atoms with van der Waals surface area (Å²) in [6.07, 6.45) is 0.609. The zero-order valence-electron chi connectivity index (χ0n) is 6.46. The average Bonchev–Trinajstić information content (AvgIpc) is 2.06. The normalized spacial score (nSPS) is 16.1. The molecule has 2 rings (SSSR count). The third-order valence-corrected chi connectivity index (χ3v) is 1.99. The summed E-state index contributed by atoms with van der Waals surface area (Å²) >= 11 is 0. The molecule has 1 aromatic carbocycles. The van der Waals surface area contributed by atoms with Crippen LogP contribution in [-0.4, -0.2) is 12.5 Å². The maximum absolute atomic E-state index is 12.5. The van der Waals surface area contributed by atoms with E-state index in [1.54, 1.807) is 17.0 Å². The summed E-state index contributed by atoms with van der Waals surface area (Å²) in [5, 5.41) is 0. The van der Waals surface area contributed by atoms with E-state index in [1.807, 2.05) is 0 Å². The number of benzene rings is 1. The molecule has 0 radical (unpaired) electrons. The van der Waals surface area contributed by atoms with Crippen molar-refractivity contribution < 1.29 is 9.18 Å². The molecule has 3 heteroatoms. The first kappa shape index (κ1) is 7.28. The van der Waals surface area contributed by atoms with Crippen LogP contribution in [-0.2, 0) is 4.79 Å². The van der Waals surface area contributed by atoms with Gasteiger partial charge in [-0.3, -0.25) is 4.79 Å². The molecule has 0 bridgehead atoms. The molecular formula is C9H8FNO. The number of nitrogens with zero attached hydrogens (tertiary/aromatic N) is 1. The predicted molar refractivity (Wildman–Crippen MR) is 43.4 cm³/mol. The molecule has 0 atom stereocenters. The molecule has 12 heavy (non-hydrogen) atoms. The van der Waals surface area contributed by atoms with Gasteiger partial charge in [-0.05, 0) is 24.3 Å². The highest BCUT2D eigenvalue weighted by atomic mass is 18.2. The summed E-state index contributed by atoms with van der Waals surface area (Å²) in [7, 11) is 0. The van der Waals surface area contributed by atoms with Crippen molar-refractivity contribution in [1.82, 2.24) is 0 Å². The van der Waals surface area contributed by atoms with Gasteiger partial charge in [0.2, 0.25) is 5.91 Å². The summed E-state index contributed by atoms with van der Waals surface area (Å²) in [6.45, 7) is 0.754. The van der Waals surface area contributed by atoms with Crippen molar-refractivity contribution in [2.24, 2.45) is 0 Å². The van der Waals surface area contributed by atoms with Gasteiger partial charge in [-0.1, -0.05) is 0 Å². The van der Waals surface area contributed by atoms with Crippen molar-refractivity contribution in [3.05, 3.63) is 30.1 Å². The van der Waals surface area contributed by atoms with E-state index >= 15 is 0 Å². The lowest BCUT2D eigenvalue weighted by molar-refractivity contribution is -0.122. The zero-order valence-corrected chi connectivity index (χ0v) is 6.46. The summed E-state index contributed by atoms with van der Waals surface area (Å²) in [4.78, 5) is 12.6. The van der Waals surface area contributed by atoms with Crippen LogP contribution < -0.4 is 4.90 Å². The van der Waals surface area contributed by atoms with Crippen molar-refractivity contribution in [1.29, 1.82) is 0 Å². The molecule has 1 amide bonds. The van der Waals surface area contributed by atoms with Crippen LogP contribution in [0.2, 0.25) is 0 Å². The molecule has 1 heterocycles. The second kappa shape index (κ2) is 2.59. The molecule has 1 aliphatic heterocycles. The van der Waals surface area contributed by atoms with Gasteiger partial charge in [0.25, 0.3) is 0 Å². The molecular weight excluding hydrogens is 156 g/mol. The lowest BCUT2D eigenvalue weighted by atomic mass is 10.1. The molecule has 0 saturated carbocycles. The van der Waals surface area contributed by atoms with Crippen LogP contribution in [0.3, 0.4) is 0 Å². The van der Waals surface area contributed by atoms with Crippen LogP contribution in [0.15, 0.2) is 24.3 Å². The third kappa shape index (κ3) is 1.07. The summed E-state index contributed by atoms with van der Waals surface area (Å²) < 4.78 is 12.5. The molecule has 0 aliphatic carbocycles.